The number of carbonyl (C=O) groups excluding carboxylic acids is 2. The fourth-order valence-corrected chi connectivity index (χ4v) is 4.02. The highest BCUT2D eigenvalue weighted by atomic mass is 16.2. The van der Waals surface area contributed by atoms with E-state index in [9.17, 15) is 14.4 Å². The number of aryl methyl sites for hydroxylation is 3. The molecular formula is C27H29N5O3. The number of imidazole rings is 1. The minimum atomic E-state index is -0.603. The summed E-state index contributed by atoms with van der Waals surface area (Å²) in [6.45, 7) is 4.34. The van der Waals surface area contributed by atoms with E-state index in [2.05, 4.69) is 32.7 Å². The van der Waals surface area contributed by atoms with Gasteiger partial charge < -0.3 is 20.2 Å². The van der Waals surface area contributed by atoms with E-state index in [1.165, 1.54) is 25.0 Å². The van der Waals surface area contributed by atoms with Crippen LogP contribution in [0.3, 0.4) is 0 Å². The average Bonchev–Trinajstić information content (AvgIpc) is 3.28. The molecule has 0 bridgehead atoms. The number of carbonyl (C=O) groups is 2. The van der Waals surface area contributed by atoms with Crippen LogP contribution in [0.1, 0.15) is 57.1 Å². The second-order valence-electron chi connectivity index (χ2n) is 8.66. The Hall–Kier alpha value is -4.20. The minimum Gasteiger partial charge on any atom is -0.355 e. The van der Waals surface area contributed by atoms with Crippen molar-refractivity contribution in [1.29, 1.82) is 0 Å². The van der Waals surface area contributed by atoms with E-state index in [-0.39, 0.29) is 11.1 Å². The van der Waals surface area contributed by atoms with E-state index < -0.39 is 23.3 Å². The van der Waals surface area contributed by atoms with Gasteiger partial charge in [-0.2, -0.15) is 0 Å². The third kappa shape index (κ3) is 5.48. The highest BCUT2D eigenvalue weighted by molar-refractivity contribution is 5.99. The number of pyridine rings is 1. The van der Waals surface area contributed by atoms with Crippen LogP contribution < -0.4 is 16.1 Å². The largest absolute Gasteiger partial charge is 0.355 e. The van der Waals surface area contributed by atoms with Crippen LogP contribution in [0, 0.1) is 6.92 Å². The normalized spacial score (nSPS) is 11.9. The summed E-state index contributed by atoms with van der Waals surface area (Å²) in [6, 6.07) is 15.5. The van der Waals surface area contributed by atoms with Crippen LogP contribution in [0.5, 0.6) is 0 Å². The molecule has 0 aliphatic rings. The van der Waals surface area contributed by atoms with Crippen LogP contribution in [0.25, 0.3) is 11.0 Å². The molecule has 3 N–H and O–H groups in total. The lowest BCUT2D eigenvalue weighted by Crippen LogP contribution is -2.35. The molecule has 1 unspecified atom stereocenters. The molecule has 2 heterocycles. The summed E-state index contributed by atoms with van der Waals surface area (Å²) in [4.78, 5) is 46.3. The minimum absolute atomic E-state index is 0.0632. The van der Waals surface area contributed by atoms with Crippen molar-refractivity contribution in [1.82, 2.24) is 25.2 Å². The quantitative estimate of drug-likeness (QED) is 0.365. The van der Waals surface area contributed by atoms with E-state index in [4.69, 9.17) is 0 Å². The van der Waals surface area contributed by atoms with E-state index in [1.54, 1.807) is 11.5 Å². The number of rotatable bonds is 8. The maximum Gasteiger partial charge on any atom is 0.257 e. The number of nitrogens with zero attached hydrogens (tertiary/aromatic N) is 2. The van der Waals surface area contributed by atoms with Crippen LogP contribution in [0.15, 0.2) is 65.7 Å². The Morgan fingerprint density at radius 2 is 1.77 bits per heavy atom. The Morgan fingerprint density at radius 3 is 2.49 bits per heavy atom. The van der Waals surface area contributed by atoms with Gasteiger partial charge in [-0.3, -0.25) is 14.4 Å². The lowest BCUT2D eigenvalue weighted by atomic mass is 10.1. The zero-order valence-corrected chi connectivity index (χ0v) is 20.1. The maximum atomic E-state index is 13.1. The molecule has 0 saturated heterocycles. The number of nitrogens with one attached hydrogen (secondary N) is 3. The summed E-state index contributed by atoms with van der Waals surface area (Å²) in [5.74, 6) is -0.492. The SMILES string of the molecule is CNC(=O)c1cn(CCCc2ccccc2)cc(C(=O)NC(C)c2nc3ccc(C)cc3[nH]2)c1=O. The van der Waals surface area contributed by atoms with Crippen LogP contribution in [0.2, 0.25) is 0 Å². The monoisotopic (exact) mass is 471 g/mol. The van der Waals surface area contributed by atoms with Crippen molar-refractivity contribution >= 4 is 22.8 Å². The zero-order valence-electron chi connectivity index (χ0n) is 20.1. The van der Waals surface area contributed by atoms with Crippen molar-refractivity contribution < 1.29 is 9.59 Å². The molecule has 0 aliphatic carbocycles. The molecule has 4 aromatic rings. The second-order valence-corrected chi connectivity index (χ2v) is 8.66. The van der Waals surface area contributed by atoms with Gasteiger partial charge in [0.15, 0.2) is 0 Å². The smallest absolute Gasteiger partial charge is 0.257 e. The van der Waals surface area contributed by atoms with Gasteiger partial charge in [0.1, 0.15) is 17.0 Å². The van der Waals surface area contributed by atoms with Gasteiger partial charge in [0.2, 0.25) is 5.43 Å². The first-order valence-corrected chi connectivity index (χ1v) is 11.6. The van der Waals surface area contributed by atoms with Gasteiger partial charge in [-0.25, -0.2) is 4.98 Å². The maximum absolute atomic E-state index is 13.1. The van der Waals surface area contributed by atoms with Crippen molar-refractivity contribution in [2.75, 3.05) is 7.05 Å². The lowest BCUT2D eigenvalue weighted by molar-refractivity contribution is 0.0936. The summed E-state index contributed by atoms with van der Waals surface area (Å²) in [5, 5.41) is 5.33. The number of hydrogen-bond donors (Lipinski definition) is 3. The Kier molecular flexibility index (Phi) is 7.10. The molecule has 0 fully saturated rings. The molecule has 2 amide bonds. The molecule has 8 nitrogen and oxygen atoms in total. The molecule has 1 atom stereocenters. The predicted octanol–water partition coefficient (Wildman–Crippen LogP) is 3.52. The first-order valence-electron chi connectivity index (χ1n) is 11.6. The molecule has 2 aromatic heterocycles. The van der Waals surface area contributed by atoms with Gasteiger partial charge in [0.25, 0.3) is 11.8 Å². The van der Waals surface area contributed by atoms with Gasteiger partial charge in [0, 0.05) is 26.0 Å². The highest BCUT2D eigenvalue weighted by Crippen LogP contribution is 2.17. The molecule has 180 valence electrons. The van der Waals surface area contributed by atoms with Crippen molar-refractivity contribution in [2.45, 2.75) is 39.3 Å². The summed E-state index contributed by atoms with van der Waals surface area (Å²) < 4.78 is 1.73. The van der Waals surface area contributed by atoms with Crippen molar-refractivity contribution in [3.8, 4) is 0 Å². The molecule has 4 rings (SSSR count). The fraction of sp³-hybridized carbons (Fsp3) is 0.259. The fourth-order valence-electron chi connectivity index (χ4n) is 4.02. The van der Waals surface area contributed by atoms with Gasteiger partial charge in [-0.1, -0.05) is 36.4 Å². The van der Waals surface area contributed by atoms with Crippen molar-refractivity contribution in [3.05, 3.63) is 99.2 Å². The van der Waals surface area contributed by atoms with Crippen LogP contribution in [-0.2, 0) is 13.0 Å². The Morgan fingerprint density at radius 1 is 1.06 bits per heavy atom. The molecule has 35 heavy (non-hydrogen) atoms. The molecule has 0 spiro atoms. The summed E-state index contributed by atoms with van der Waals surface area (Å²) in [5.41, 5.74) is 3.23. The highest BCUT2D eigenvalue weighted by Gasteiger charge is 2.21. The summed E-state index contributed by atoms with van der Waals surface area (Å²) >= 11 is 0. The second kappa shape index (κ2) is 10.4. The van der Waals surface area contributed by atoms with Crippen LogP contribution >= 0.6 is 0 Å². The first kappa shape index (κ1) is 23.9. The molecule has 8 heteroatoms. The molecule has 2 aromatic carbocycles. The number of hydrogen-bond acceptors (Lipinski definition) is 4. The third-order valence-electron chi connectivity index (χ3n) is 5.93. The predicted molar refractivity (Wildman–Crippen MR) is 136 cm³/mol. The van der Waals surface area contributed by atoms with Crippen molar-refractivity contribution in [3.63, 3.8) is 0 Å². The van der Waals surface area contributed by atoms with Crippen LogP contribution in [-0.4, -0.2) is 33.4 Å². The number of H-pyrrole nitrogens is 1. The number of amides is 2. The van der Waals surface area contributed by atoms with E-state index >= 15 is 0 Å². The van der Waals surface area contributed by atoms with E-state index in [0.717, 1.165) is 29.4 Å². The summed E-state index contributed by atoms with van der Waals surface area (Å²) in [7, 11) is 1.46. The van der Waals surface area contributed by atoms with Gasteiger partial charge in [-0.05, 0) is 49.9 Å². The van der Waals surface area contributed by atoms with E-state index in [1.807, 2.05) is 43.3 Å². The third-order valence-corrected chi connectivity index (χ3v) is 5.93. The molecule has 0 aliphatic heterocycles. The van der Waals surface area contributed by atoms with Gasteiger partial charge in [0.05, 0.1) is 17.1 Å². The number of aromatic amines is 1. The average molecular weight is 472 g/mol. The number of fused-ring (bicyclic) bond motifs is 1. The Balaban J connectivity index is 1.56. The molecule has 0 radical (unpaired) electrons. The Bertz CT molecular complexity index is 1420. The first-order chi connectivity index (χ1) is 16.9. The Labute approximate surface area is 203 Å². The molecular weight excluding hydrogens is 442 g/mol. The summed E-state index contributed by atoms with van der Waals surface area (Å²) in [6.07, 6.45) is 4.65. The zero-order chi connectivity index (χ0) is 24.9. The number of aromatic nitrogens is 3. The van der Waals surface area contributed by atoms with Gasteiger partial charge in [-0.15, -0.1) is 0 Å². The van der Waals surface area contributed by atoms with Gasteiger partial charge >= 0.3 is 0 Å². The number of benzene rings is 2. The van der Waals surface area contributed by atoms with Crippen LogP contribution in [0.4, 0.5) is 0 Å². The topological polar surface area (TPSA) is 109 Å². The standard InChI is InChI=1S/C27H29N5O3/c1-17-11-12-22-23(14-17)31-25(30-22)18(2)29-27(35)21-16-32(15-20(24(21)33)26(34)28-3)13-7-10-19-8-5-4-6-9-19/h4-6,8-9,11-12,14-16,18H,7,10,13H2,1-3H3,(H,28,34)(H,29,35)(H,30,31). The molecule has 0 saturated carbocycles. The van der Waals surface area contributed by atoms with Crippen molar-refractivity contribution in [2.24, 2.45) is 0 Å². The lowest BCUT2D eigenvalue weighted by Gasteiger charge is -2.14. The van der Waals surface area contributed by atoms with E-state index in [0.29, 0.717) is 12.4 Å².